The topological polar surface area (TPSA) is 65.0 Å². The number of aromatic nitrogens is 2. The van der Waals surface area contributed by atoms with Gasteiger partial charge in [0.25, 0.3) is 0 Å². The van der Waals surface area contributed by atoms with Crippen molar-refractivity contribution in [3.05, 3.63) is 16.2 Å². The minimum atomic E-state index is -0.150. The van der Waals surface area contributed by atoms with Gasteiger partial charge in [-0.2, -0.15) is 4.98 Å². The maximum atomic E-state index is 9.59. The first-order chi connectivity index (χ1) is 13.5. The molecule has 0 aliphatic carbocycles. The minimum Gasteiger partial charge on any atom is -0.394 e. The SMILES string of the molecule is CC(C)(CO)N1CCN(Cc2cc3nc(Cl)nc(N4CCOCC4)c3s2)CC1. The average Bonchev–Trinajstić information content (AvgIpc) is 3.10. The number of ether oxygens (including phenoxy) is 1. The number of thiophene rings is 1. The van der Waals surface area contributed by atoms with Gasteiger partial charge in [0.15, 0.2) is 5.82 Å². The summed E-state index contributed by atoms with van der Waals surface area (Å²) in [6, 6.07) is 2.15. The lowest BCUT2D eigenvalue weighted by Crippen LogP contribution is -2.55. The van der Waals surface area contributed by atoms with Gasteiger partial charge >= 0.3 is 0 Å². The third-order valence-electron chi connectivity index (χ3n) is 5.68. The van der Waals surface area contributed by atoms with E-state index in [9.17, 15) is 5.11 Å². The van der Waals surface area contributed by atoms with Crippen molar-refractivity contribution in [3.8, 4) is 0 Å². The van der Waals surface area contributed by atoms with Gasteiger partial charge in [0.1, 0.15) is 0 Å². The number of fused-ring (bicyclic) bond motifs is 1. The molecule has 2 aliphatic rings. The van der Waals surface area contributed by atoms with Gasteiger partial charge in [0.05, 0.1) is 30.0 Å². The Bertz CT molecular complexity index is 816. The molecule has 0 bridgehead atoms. The van der Waals surface area contributed by atoms with Crippen LogP contribution in [0.15, 0.2) is 6.07 Å². The molecule has 0 spiro atoms. The van der Waals surface area contributed by atoms with E-state index in [2.05, 4.69) is 44.6 Å². The molecule has 0 atom stereocenters. The first kappa shape index (κ1) is 20.3. The van der Waals surface area contributed by atoms with E-state index in [-0.39, 0.29) is 12.1 Å². The fraction of sp³-hybridized carbons (Fsp3) is 0.684. The van der Waals surface area contributed by atoms with E-state index in [0.717, 1.165) is 75.1 Å². The number of piperazine rings is 1. The smallest absolute Gasteiger partial charge is 0.224 e. The highest BCUT2D eigenvalue weighted by Gasteiger charge is 2.29. The normalized spacial score (nSPS) is 20.2. The Morgan fingerprint density at radius 2 is 1.86 bits per heavy atom. The number of hydrogen-bond donors (Lipinski definition) is 1. The second-order valence-corrected chi connectivity index (χ2v) is 9.55. The Balaban J connectivity index is 1.48. The van der Waals surface area contributed by atoms with Crippen molar-refractivity contribution in [1.82, 2.24) is 19.8 Å². The molecule has 0 saturated carbocycles. The van der Waals surface area contributed by atoms with Crippen molar-refractivity contribution in [1.29, 1.82) is 0 Å². The molecule has 7 nitrogen and oxygen atoms in total. The fourth-order valence-electron chi connectivity index (χ4n) is 3.84. The Morgan fingerprint density at radius 1 is 1.14 bits per heavy atom. The Labute approximate surface area is 174 Å². The van der Waals surface area contributed by atoms with E-state index in [4.69, 9.17) is 16.3 Å². The van der Waals surface area contributed by atoms with Crippen molar-refractivity contribution in [3.63, 3.8) is 0 Å². The zero-order valence-electron chi connectivity index (χ0n) is 16.5. The summed E-state index contributed by atoms with van der Waals surface area (Å²) in [7, 11) is 0. The molecule has 2 aromatic rings. The van der Waals surface area contributed by atoms with Crippen molar-refractivity contribution in [2.75, 3.05) is 64.0 Å². The van der Waals surface area contributed by atoms with Crippen molar-refractivity contribution in [2.45, 2.75) is 25.9 Å². The Hall–Kier alpha value is -1.03. The number of hydrogen-bond acceptors (Lipinski definition) is 8. The Kier molecular flexibility index (Phi) is 6.06. The summed E-state index contributed by atoms with van der Waals surface area (Å²) < 4.78 is 6.58. The van der Waals surface area contributed by atoms with Crippen LogP contribution in [0.3, 0.4) is 0 Å². The van der Waals surface area contributed by atoms with E-state index in [1.165, 1.54) is 4.88 Å². The lowest BCUT2D eigenvalue weighted by atomic mass is 10.0. The molecule has 9 heteroatoms. The van der Waals surface area contributed by atoms with Gasteiger partial charge in [0, 0.05) is 56.2 Å². The lowest BCUT2D eigenvalue weighted by molar-refractivity contribution is 0.0151. The van der Waals surface area contributed by atoms with E-state index in [1.807, 2.05) is 0 Å². The average molecular weight is 426 g/mol. The zero-order valence-corrected chi connectivity index (χ0v) is 18.1. The molecule has 0 aromatic carbocycles. The number of anilines is 1. The quantitative estimate of drug-likeness (QED) is 0.735. The van der Waals surface area contributed by atoms with Crippen LogP contribution in [-0.2, 0) is 11.3 Å². The van der Waals surface area contributed by atoms with Crippen LogP contribution in [0.2, 0.25) is 5.28 Å². The van der Waals surface area contributed by atoms with E-state index >= 15 is 0 Å². The maximum Gasteiger partial charge on any atom is 0.224 e. The molecule has 2 fully saturated rings. The Morgan fingerprint density at radius 3 is 2.54 bits per heavy atom. The standard InChI is InChI=1S/C19H28ClN5O2S/c1-19(2,13-26)25-5-3-23(4-6-25)12-14-11-15-16(28-14)17(22-18(20)21-15)24-7-9-27-10-8-24/h11,26H,3-10,12-13H2,1-2H3. The first-order valence-electron chi connectivity index (χ1n) is 9.83. The molecule has 4 heterocycles. The van der Waals surface area contributed by atoms with Crippen LogP contribution < -0.4 is 4.90 Å². The van der Waals surface area contributed by atoms with Crippen molar-refractivity contribution in [2.24, 2.45) is 0 Å². The predicted molar refractivity (Wildman–Crippen MR) is 113 cm³/mol. The molecule has 4 rings (SSSR count). The third kappa shape index (κ3) is 4.27. The summed E-state index contributed by atoms with van der Waals surface area (Å²) >= 11 is 7.97. The molecule has 28 heavy (non-hydrogen) atoms. The second kappa shape index (κ2) is 8.38. The van der Waals surface area contributed by atoms with Crippen molar-refractivity contribution < 1.29 is 9.84 Å². The monoisotopic (exact) mass is 425 g/mol. The van der Waals surface area contributed by atoms with E-state index < -0.39 is 0 Å². The van der Waals surface area contributed by atoms with Crippen LogP contribution in [0.25, 0.3) is 10.2 Å². The highest BCUT2D eigenvalue weighted by molar-refractivity contribution is 7.19. The van der Waals surface area contributed by atoms with Crippen LogP contribution in [0.1, 0.15) is 18.7 Å². The number of rotatable bonds is 5. The largest absolute Gasteiger partial charge is 0.394 e. The first-order valence-corrected chi connectivity index (χ1v) is 11.0. The van der Waals surface area contributed by atoms with E-state index in [1.54, 1.807) is 11.3 Å². The highest BCUT2D eigenvalue weighted by atomic mass is 35.5. The van der Waals surface area contributed by atoms with Crippen molar-refractivity contribution >= 4 is 39.0 Å². The second-order valence-electron chi connectivity index (χ2n) is 8.08. The maximum absolute atomic E-state index is 9.59. The van der Waals surface area contributed by atoms with Crippen LogP contribution in [0.5, 0.6) is 0 Å². The summed E-state index contributed by atoms with van der Waals surface area (Å²) in [4.78, 5) is 17.4. The van der Waals surface area contributed by atoms with Crippen LogP contribution in [0.4, 0.5) is 5.82 Å². The van der Waals surface area contributed by atoms with Crippen LogP contribution in [-0.4, -0.2) is 89.5 Å². The molecule has 2 saturated heterocycles. The number of halogens is 1. The minimum absolute atomic E-state index is 0.150. The molecule has 0 amide bonds. The van der Waals surface area contributed by atoms with Crippen LogP contribution in [0, 0.1) is 0 Å². The summed E-state index contributed by atoms with van der Waals surface area (Å²) in [5, 5.41) is 9.90. The summed E-state index contributed by atoms with van der Waals surface area (Å²) in [5.41, 5.74) is 0.782. The third-order valence-corrected chi connectivity index (χ3v) is 6.96. The summed E-state index contributed by atoms with van der Waals surface area (Å²) in [5.74, 6) is 0.934. The van der Waals surface area contributed by atoms with Gasteiger partial charge in [-0.3, -0.25) is 9.80 Å². The molecule has 154 valence electrons. The molecular weight excluding hydrogens is 398 g/mol. The van der Waals surface area contributed by atoms with Gasteiger partial charge in [-0.15, -0.1) is 11.3 Å². The fourth-order valence-corrected chi connectivity index (χ4v) is 5.16. The van der Waals surface area contributed by atoms with Gasteiger partial charge < -0.3 is 14.7 Å². The molecule has 2 aromatic heterocycles. The molecule has 1 N–H and O–H groups in total. The number of aliphatic hydroxyl groups is 1. The number of morpholine rings is 1. The number of aliphatic hydroxyl groups excluding tert-OH is 1. The summed E-state index contributed by atoms with van der Waals surface area (Å²) in [6.45, 7) is 12.4. The predicted octanol–water partition coefficient (Wildman–Crippen LogP) is 2.07. The van der Waals surface area contributed by atoms with Gasteiger partial charge in [-0.1, -0.05) is 0 Å². The van der Waals surface area contributed by atoms with Crippen LogP contribution >= 0.6 is 22.9 Å². The highest BCUT2D eigenvalue weighted by Crippen LogP contribution is 2.34. The number of nitrogens with zero attached hydrogens (tertiary/aromatic N) is 5. The van der Waals surface area contributed by atoms with E-state index in [0.29, 0.717) is 5.28 Å². The van der Waals surface area contributed by atoms with Gasteiger partial charge in [-0.25, -0.2) is 4.98 Å². The van der Waals surface area contributed by atoms with Gasteiger partial charge in [-0.05, 0) is 31.5 Å². The summed E-state index contributed by atoms with van der Waals surface area (Å²) in [6.07, 6.45) is 0. The lowest BCUT2D eigenvalue weighted by Gasteiger charge is -2.43. The van der Waals surface area contributed by atoms with Gasteiger partial charge in [0.2, 0.25) is 5.28 Å². The molecule has 2 aliphatic heterocycles. The zero-order chi connectivity index (χ0) is 19.7. The molecule has 0 unspecified atom stereocenters. The molecule has 0 radical (unpaired) electrons. The molecular formula is C19H28ClN5O2S.